The Morgan fingerprint density at radius 3 is 2.24 bits per heavy atom. The van der Waals surface area contributed by atoms with Crippen molar-refractivity contribution in [3.8, 4) is 0 Å². The van der Waals surface area contributed by atoms with Gasteiger partial charge in [-0.3, -0.25) is 0 Å². The molecule has 282 valence electrons. The Hall–Kier alpha value is -1.60. The lowest BCUT2D eigenvalue weighted by Crippen LogP contribution is -2.69. The SMILES string of the molecule is C[C@@H]1O[C@@H](O[C@@H]2CC[C@]3(C=O)[C@H]4CC[C@]5(C)[C@@H](C6=CC(=O)OC6)CC[C@]5(O)[C@@H]4CC[C@]3(O)C2)[C@H](O)[C@H](O)[C@H]1O[C@@H]1O[C@H](CO)[C@@H](O)[C@H](O)[C@H]1O. The van der Waals surface area contributed by atoms with Crippen LogP contribution in [0.1, 0.15) is 71.6 Å². The lowest BCUT2D eigenvalue weighted by Gasteiger charge is -2.65. The van der Waals surface area contributed by atoms with Crippen LogP contribution in [0, 0.1) is 28.6 Å². The predicted molar refractivity (Wildman–Crippen MR) is 167 cm³/mol. The van der Waals surface area contributed by atoms with E-state index in [1.54, 1.807) is 13.0 Å². The van der Waals surface area contributed by atoms with Crippen molar-refractivity contribution < 1.29 is 74.1 Å². The van der Waals surface area contributed by atoms with Gasteiger partial charge in [0.2, 0.25) is 0 Å². The molecule has 8 N–H and O–H groups in total. The van der Waals surface area contributed by atoms with Gasteiger partial charge in [-0.1, -0.05) is 6.92 Å². The Morgan fingerprint density at radius 2 is 1.56 bits per heavy atom. The number of aliphatic hydroxyl groups is 8. The van der Waals surface area contributed by atoms with Crippen molar-refractivity contribution in [3.63, 3.8) is 0 Å². The minimum absolute atomic E-state index is 0.00102. The molecule has 15 nitrogen and oxygen atoms in total. The molecule has 0 amide bonds. The number of ether oxygens (including phenoxy) is 5. The first kappa shape index (κ1) is 36.7. The average Bonchev–Trinajstić information content (AvgIpc) is 3.64. The van der Waals surface area contributed by atoms with E-state index in [0.717, 1.165) is 18.3 Å². The minimum Gasteiger partial charge on any atom is -0.458 e. The molecule has 4 aliphatic carbocycles. The number of fused-ring (bicyclic) bond motifs is 5. The van der Waals surface area contributed by atoms with Crippen molar-refractivity contribution >= 4 is 12.3 Å². The minimum atomic E-state index is -1.71. The van der Waals surface area contributed by atoms with Crippen molar-refractivity contribution in [2.75, 3.05) is 13.2 Å². The van der Waals surface area contributed by atoms with Gasteiger partial charge in [-0.25, -0.2) is 4.79 Å². The maximum Gasteiger partial charge on any atom is 0.331 e. The number of aldehydes is 1. The van der Waals surface area contributed by atoms with Crippen LogP contribution < -0.4 is 0 Å². The predicted octanol–water partition coefficient (Wildman–Crippen LogP) is -1.43. The van der Waals surface area contributed by atoms with Crippen LogP contribution in [-0.2, 0) is 33.3 Å². The molecule has 0 radical (unpaired) electrons. The molecule has 0 bridgehead atoms. The van der Waals surface area contributed by atoms with Gasteiger partial charge in [0, 0.05) is 17.9 Å². The first-order valence-corrected chi connectivity index (χ1v) is 18.0. The molecule has 6 fully saturated rings. The monoisotopic (exact) mass is 712 g/mol. The van der Waals surface area contributed by atoms with Crippen molar-refractivity contribution in [3.05, 3.63) is 11.6 Å². The van der Waals surface area contributed by atoms with E-state index in [2.05, 4.69) is 6.92 Å². The fraction of sp³-hybridized carbons (Fsp3) is 0.886. The van der Waals surface area contributed by atoms with E-state index in [0.29, 0.717) is 38.5 Å². The Bertz CT molecular complexity index is 1340. The van der Waals surface area contributed by atoms with Crippen LogP contribution in [0.15, 0.2) is 11.6 Å². The summed E-state index contributed by atoms with van der Waals surface area (Å²) < 4.78 is 28.4. The average molecular weight is 713 g/mol. The van der Waals surface area contributed by atoms with Gasteiger partial charge in [0.1, 0.15) is 55.6 Å². The molecule has 7 rings (SSSR count). The largest absolute Gasteiger partial charge is 0.458 e. The standard InChI is InChI=1S/C35H52O15/c1-16-29(50-31-27(42)25(40)24(39)22(13-36)49-31)26(41)28(43)30(47-16)48-18-3-8-33(15-37)20-4-7-32(2)19(17-11-23(38)46-14-17)6-10-35(32,45)21(20)5-9-34(33,44)12-18/h11,15-16,18-22,24-31,36,39-45H,3-10,12-14H2,1-2H3/t16-,18+,19+,20-,21+,22+,24+,25-,26-,27+,28+,29-,30-,31-,32+,33-,34-,35-/m0/s1. The third-order valence-corrected chi connectivity index (χ3v) is 14.1. The number of aliphatic hydroxyl groups excluding tert-OH is 6. The van der Waals surface area contributed by atoms with Gasteiger partial charge in [-0.05, 0) is 81.6 Å². The van der Waals surface area contributed by atoms with Crippen molar-refractivity contribution in [1.29, 1.82) is 0 Å². The Kier molecular flexibility index (Phi) is 9.60. The highest BCUT2D eigenvalue weighted by atomic mass is 16.7. The third-order valence-electron chi connectivity index (χ3n) is 14.1. The van der Waals surface area contributed by atoms with Gasteiger partial charge in [0.05, 0.1) is 35.4 Å². The molecule has 0 aromatic heterocycles. The number of esters is 1. The van der Waals surface area contributed by atoms with Crippen molar-refractivity contribution in [2.24, 2.45) is 28.6 Å². The molecule has 0 aromatic rings. The van der Waals surface area contributed by atoms with Gasteiger partial charge in [-0.15, -0.1) is 0 Å². The summed E-state index contributed by atoms with van der Waals surface area (Å²) in [7, 11) is 0. The van der Waals surface area contributed by atoms with Gasteiger partial charge in [0.25, 0.3) is 0 Å². The maximum atomic E-state index is 13.2. The number of hydrogen-bond acceptors (Lipinski definition) is 15. The lowest BCUT2D eigenvalue weighted by atomic mass is 9.41. The molecule has 2 saturated heterocycles. The van der Waals surface area contributed by atoms with E-state index in [1.165, 1.54) is 0 Å². The van der Waals surface area contributed by atoms with Crippen molar-refractivity contribution in [1.82, 2.24) is 0 Å². The van der Waals surface area contributed by atoms with Crippen LogP contribution in [0.25, 0.3) is 0 Å². The summed E-state index contributed by atoms with van der Waals surface area (Å²) in [6.07, 6.45) is -8.63. The molecule has 18 atom stereocenters. The van der Waals surface area contributed by atoms with E-state index in [4.69, 9.17) is 23.7 Å². The van der Waals surface area contributed by atoms with E-state index in [-0.39, 0.29) is 43.2 Å². The fourth-order valence-corrected chi connectivity index (χ4v) is 11.3. The quantitative estimate of drug-likeness (QED) is 0.0858. The molecule has 15 heteroatoms. The first-order valence-electron chi connectivity index (χ1n) is 18.0. The van der Waals surface area contributed by atoms with Crippen LogP contribution >= 0.6 is 0 Å². The number of hydrogen-bond donors (Lipinski definition) is 8. The summed E-state index contributed by atoms with van der Waals surface area (Å²) >= 11 is 0. The van der Waals surface area contributed by atoms with Crippen LogP contribution in [0.3, 0.4) is 0 Å². The molecule has 50 heavy (non-hydrogen) atoms. The maximum absolute atomic E-state index is 13.2. The second-order valence-corrected chi connectivity index (χ2v) is 16.2. The zero-order valence-electron chi connectivity index (χ0n) is 28.5. The smallest absolute Gasteiger partial charge is 0.331 e. The molecule has 4 saturated carbocycles. The topological polar surface area (TPSA) is 242 Å². The summed E-state index contributed by atoms with van der Waals surface area (Å²) in [4.78, 5) is 25.1. The molecular formula is C35H52O15. The second kappa shape index (κ2) is 13.1. The van der Waals surface area contributed by atoms with Crippen LogP contribution in [0.2, 0.25) is 0 Å². The van der Waals surface area contributed by atoms with Crippen LogP contribution in [-0.4, -0.2) is 145 Å². The lowest BCUT2D eigenvalue weighted by molar-refractivity contribution is -0.361. The summed E-state index contributed by atoms with van der Waals surface area (Å²) in [6, 6.07) is 0. The van der Waals surface area contributed by atoms with Crippen LogP contribution in [0.5, 0.6) is 0 Å². The molecule has 0 aromatic carbocycles. The fourth-order valence-electron chi connectivity index (χ4n) is 11.3. The Balaban J connectivity index is 1.02. The summed E-state index contributed by atoms with van der Waals surface area (Å²) in [5.74, 6) is -0.830. The van der Waals surface area contributed by atoms with E-state index < -0.39 is 96.2 Å². The van der Waals surface area contributed by atoms with E-state index in [9.17, 15) is 50.4 Å². The summed E-state index contributed by atoms with van der Waals surface area (Å²) in [6.45, 7) is 3.22. The second-order valence-electron chi connectivity index (χ2n) is 16.2. The molecular weight excluding hydrogens is 660 g/mol. The molecule has 0 spiro atoms. The van der Waals surface area contributed by atoms with E-state index >= 15 is 0 Å². The summed E-state index contributed by atoms with van der Waals surface area (Å²) in [5.41, 5.74) is -3.20. The number of cyclic esters (lactones) is 1. The molecule has 3 aliphatic heterocycles. The van der Waals surface area contributed by atoms with Gasteiger partial charge in [-0.2, -0.15) is 0 Å². The van der Waals surface area contributed by atoms with Gasteiger partial charge in [0.15, 0.2) is 12.6 Å². The summed E-state index contributed by atoms with van der Waals surface area (Å²) in [5, 5.41) is 87.0. The first-order chi connectivity index (χ1) is 23.6. The van der Waals surface area contributed by atoms with Crippen LogP contribution in [0.4, 0.5) is 0 Å². The molecule has 3 heterocycles. The third kappa shape index (κ3) is 5.37. The number of carbonyl (C=O) groups excluding carboxylic acids is 2. The zero-order chi connectivity index (χ0) is 36.0. The van der Waals surface area contributed by atoms with Gasteiger partial charge >= 0.3 is 5.97 Å². The number of rotatable bonds is 7. The number of carbonyl (C=O) groups is 2. The zero-order valence-corrected chi connectivity index (χ0v) is 28.5. The highest BCUT2D eigenvalue weighted by Gasteiger charge is 2.71. The highest BCUT2D eigenvalue weighted by Crippen LogP contribution is 2.70. The van der Waals surface area contributed by atoms with Crippen molar-refractivity contribution in [2.45, 2.75) is 150 Å². The Labute approximate surface area is 290 Å². The van der Waals surface area contributed by atoms with Gasteiger partial charge < -0.3 is 69.3 Å². The molecule has 7 aliphatic rings. The Morgan fingerprint density at radius 1 is 0.860 bits per heavy atom. The normalized spacial score (nSPS) is 55.0. The highest BCUT2D eigenvalue weighted by molar-refractivity contribution is 5.85. The van der Waals surface area contributed by atoms with E-state index in [1.807, 2.05) is 0 Å². The molecule has 0 unspecified atom stereocenters.